The predicted octanol–water partition coefficient (Wildman–Crippen LogP) is 5.75. The number of thioether (sulfide) groups is 1. The minimum absolute atomic E-state index is 0. The van der Waals surface area contributed by atoms with Gasteiger partial charge in [0.25, 0.3) is 0 Å². The third-order valence-electron chi connectivity index (χ3n) is 5.25. The maximum Gasteiger partial charge on any atom is 0.229 e. The van der Waals surface area contributed by atoms with Crippen molar-refractivity contribution in [1.82, 2.24) is 9.88 Å². The molecule has 2 aromatic carbocycles. The van der Waals surface area contributed by atoms with Crippen LogP contribution in [0, 0.1) is 5.82 Å². The van der Waals surface area contributed by atoms with Crippen molar-refractivity contribution < 1.29 is 13.9 Å². The van der Waals surface area contributed by atoms with Crippen molar-refractivity contribution in [3.63, 3.8) is 0 Å². The second kappa shape index (κ2) is 12.9. The molecule has 0 atom stereocenters. The van der Waals surface area contributed by atoms with Crippen molar-refractivity contribution in [3.05, 3.63) is 53.3 Å². The Morgan fingerprint density at radius 3 is 2.70 bits per heavy atom. The van der Waals surface area contributed by atoms with E-state index in [9.17, 15) is 9.18 Å². The molecule has 1 aliphatic rings. The molecule has 0 spiro atoms. The molecule has 4 rings (SSSR count). The number of thiazole rings is 1. The minimum Gasteiger partial charge on any atom is -0.379 e. The molecule has 0 aliphatic carbocycles. The molecule has 33 heavy (non-hydrogen) atoms. The predicted molar refractivity (Wildman–Crippen MR) is 138 cm³/mol. The third-order valence-corrected chi connectivity index (χ3v) is 7.56. The van der Waals surface area contributed by atoms with Crippen LogP contribution < -0.4 is 4.90 Å². The van der Waals surface area contributed by atoms with Crippen molar-refractivity contribution >= 4 is 68.4 Å². The molecular formula is C23H26Cl2FN3O2S2. The first kappa shape index (κ1) is 26.2. The van der Waals surface area contributed by atoms with Gasteiger partial charge in [-0.05, 0) is 42.8 Å². The zero-order valence-corrected chi connectivity index (χ0v) is 21.2. The van der Waals surface area contributed by atoms with Crippen LogP contribution in [-0.4, -0.2) is 60.9 Å². The Labute approximate surface area is 212 Å². The van der Waals surface area contributed by atoms with E-state index in [-0.39, 0.29) is 24.1 Å². The molecule has 0 saturated carbocycles. The van der Waals surface area contributed by atoms with E-state index in [1.54, 1.807) is 22.7 Å². The van der Waals surface area contributed by atoms with Gasteiger partial charge < -0.3 is 4.74 Å². The molecule has 1 saturated heterocycles. The number of aromatic nitrogens is 1. The van der Waals surface area contributed by atoms with Gasteiger partial charge in [-0.15, -0.1) is 24.2 Å². The summed E-state index contributed by atoms with van der Waals surface area (Å²) >= 11 is 8.92. The smallest absolute Gasteiger partial charge is 0.229 e. The van der Waals surface area contributed by atoms with Crippen molar-refractivity contribution in [2.75, 3.05) is 50.0 Å². The lowest BCUT2D eigenvalue weighted by Gasteiger charge is -2.27. The lowest BCUT2D eigenvalue weighted by Crippen LogP contribution is -2.39. The molecule has 3 aromatic rings. The van der Waals surface area contributed by atoms with Crippen LogP contribution >= 0.6 is 47.1 Å². The number of nitrogens with zero attached hydrogens (tertiary/aromatic N) is 3. The number of para-hydroxylation sites is 1. The summed E-state index contributed by atoms with van der Waals surface area (Å²) in [4.78, 5) is 22.8. The number of halogens is 3. The van der Waals surface area contributed by atoms with Crippen LogP contribution in [0.3, 0.4) is 0 Å². The summed E-state index contributed by atoms with van der Waals surface area (Å²) in [7, 11) is 0. The monoisotopic (exact) mass is 529 g/mol. The highest BCUT2D eigenvalue weighted by Crippen LogP contribution is 2.31. The summed E-state index contributed by atoms with van der Waals surface area (Å²) in [6.45, 7) is 4.79. The van der Waals surface area contributed by atoms with E-state index in [2.05, 4.69) is 9.88 Å². The topological polar surface area (TPSA) is 45.7 Å². The summed E-state index contributed by atoms with van der Waals surface area (Å²) < 4.78 is 20.3. The van der Waals surface area contributed by atoms with Gasteiger partial charge in [-0.2, -0.15) is 0 Å². The third kappa shape index (κ3) is 7.28. The molecule has 0 unspecified atom stereocenters. The van der Waals surface area contributed by atoms with Gasteiger partial charge in [0, 0.05) is 48.3 Å². The normalized spacial score (nSPS) is 14.2. The van der Waals surface area contributed by atoms with Crippen molar-refractivity contribution in [2.24, 2.45) is 0 Å². The fraction of sp³-hybridized carbons (Fsp3) is 0.391. The van der Waals surface area contributed by atoms with Crippen molar-refractivity contribution in [2.45, 2.75) is 17.7 Å². The lowest BCUT2D eigenvalue weighted by atomic mass is 10.3. The number of ether oxygens (including phenoxy) is 1. The summed E-state index contributed by atoms with van der Waals surface area (Å²) in [5.74, 6) is 0.302. The largest absolute Gasteiger partial charge is 0.379 e. The Balaban J connectivity index is 0.00000306. The van der Waals surface area contributed by atoms with Crippen molar-refractivity contribution in [3.8, 4) is 0 Å². The number of benzene rings is 2. The van der Waals surface area contributed by atoms with Gasteiger partial charge in [-0.25, -0.2) is 9.37 Å². The first-order valence-electron chi connectivity index (χ1n) is 10.6. The van der Waals surface area contributed by atoms with Gasteiger partial charge in [-0.1, -0.05) is 29.0 Å². The van der Waals surface area contributed by atoms with E-state index >= 15 is 0 Å². The van der Waals surface area contributed by atoms with E-state index in [0.717, 1.165) is 48.9 Å². The van der Waals surface area contributed by atoms with Crippen LogP contribution in [0.4, 0.5) is 9.52 Å². The van der Waals surface area contributed by atoms with Crippen LogP contribution in [0.1, 0.15) is 12.8 Å². The quantitative estimate of drug-likeness (QED) is 0.330. The maximum absolute atomic E-state index is 14.2. The summed E-state index contributed by atoms with van der Waals surface area (Å²) in [6, 6.07) is 12.5. The number of hydrogen-bond donors (Lipinski definition) is 0. The zero-order valence-electron chi connectivity index (χ0n) is 18.0. The second-order valence-corrected chi connectivity index (χ2v) is 10.1. The Morgan fingerprint density at radius 2 is 1.97 bits per heavy atom. The molecule has 1 aromatic heterocycles. The highest BCUT2D eigenvalue weighted by atomic mass is 35.5. The Hall–Kier alpha value is -1.42. The standard InChI is InChI=1S/C23H25ClFN3O2S2.ClH/c24-17-5-7-18(8-6-17)31-16-9-21(29)28(11-2-10-27-12-14-30-15-13-27)23-26-22-19(25)3-1-4-20(22)32-23;/h1,3-8H,2,9-16H2;1H. The molecule has 0 radical (unpaired) electrons. The molecule has 2 heterocycles. The van der Waals surface area contributed by atoms with Crippen molar-refractivity contribution in [1.29, 1.82) is 0 Å². The van der Waals surface area contributed by atoms with Gasteiger partial charge in [-0.3, -0.25) is 14.6 Å². The SMILES string of the molecule is Cl.O=C(CCSc1ccc(Cl)cc1)N(CCCN1CCOCC1)c1nc2c(F)cccc2s1. The molecule has 0 bridgehead atoms. The van der Waals surface area contributed by atoms with E-state index in [4.69, 9.17) is 16.3 Å². The first-order chi connectivity index (χ1) is 15.6. The minimum atomic E-state index is -0.357. The summed E-state index contributed by atoms with van der Waals surface area (Å²) in [6.07, 6.45) is 1.21. The Morgan fingerprint density at radius 1 is 1.21 bits per heavy atom. The fourth-order valence-electron chi connectivity index (χ4n) is 3.54. The van der Waals surface area contributed by atoms with Crippen LogP contribution in [0.2, 0.25) is 5.02 Å². The molecule has 1 aliphatic heterocycles. The fourth-order valence-corrected chi connectivity index (χ4v) is 5.54. The van der Waals surface area contributed by atoms with Crippen LogP contribution in [0.15, 0.2) is 47.4 Å². The van der Waals surface area contributed by atoms with Gasteiger partial charge in [0.15, 0.2) is 5.13 Å². The van der Waals surface area contributed by atoms with E-state index in [1.807, 2.05) is 30.3 Å². The zero-order chi connectivity index (χ0) is 22.3. The summed E-state index contributed by atoms with van der Waals surface area (Å²) in [5.41, 5.74) is 0.328. The van der Waals surface area contributed by atoms with E-state index in [0.29, 0.717) is 34.4 Å². The number of amides is 1. The number of rotatable bonds is 9. The molecule has 1 fully saturated rings. The van der Waals surface area contributed by atoms with Crippen LogP contribution in [0.25, 0.3) is 10.2 Å². The van der Waals surface area contributed by atoms with Crippen LogP contribution in [-0.2, 0) is 9.53 Å². The van der Waals surface area contributed by atoms with Gasteiger partial charge in [0.1, 0.15) is 11.3 Å². The average Bonchev–Trinajstić information content (AvgIpc) is 3.24. The number of hydrogen-bond acceptors (Lipinski definition) is 6. The molecule has 5 nitrogen and oxygen atoms in total. The van der Waals surface area contributed by atoms with Gasteiger partial charge in [0.05, 0.1) is 17.9 Å². The maximum atomic E-state index is 14.2. The average molecular weight is 531 g/mol. The summed E-state index contributed by atoms with van der Waals surface area (Å²) in [5, 5.41) is 1.26. The number of morpholine rings is 1. The highest BCUT2D eigenvalue weighted by molar-refractivity contribution is 7.99. The highest BCUT2D eigenvalue weighted by Gasteiger charge is 2.21. The number of carbonyl (C=O) groups is 1. The number of carbonyl (C=O) groups excluding carboxylic acids is 1. The molecule has 0 N–H and O–H groups in total. The number of anilines is 1. The van der Waals surface area contributed by atoms with E-state index < -0.39 is 0 Å². The molecule has 178 valence electrons. The second-order valence-electron chi connectivity index (χ2n) is 7.49. The Bertz CT molecular complexity index is 1050. The molecule has 10 heteroatoms. The first-order valence-corrected chi connectivity index (χ1v) is 12.8. The Kier molecular flexibility index (Phi) is 10.2. The number of fused-ring (bicyclic) bond motifs is 1. The van der Waals surface area contributed by atoms with Gasteiger partial charge in [0.2, 0.25) is 5.91 Å². The molecular weight excluding hydrogens is 504 g/mol. The molecule has 1 amide bonds. The van der Waals surface area contributed by atoms with Crippen LogP contribution in [0.5, 0.6) is 0 Å². The van der Waals surface area contributed by atoms with E-state index in [1.165, 1.54) is 17.4 Å². The van der Waals surface area contributed by atoms with Gasteiger partial charge >= 0.3 is 0 Å². The lowest BCUT2D eigenvalue weighted by molar-refractivity contribution is -0.118.